The molecule has 3 aliphatic heterocycles. The van der Waals surface area contributed by atoms with Gasteiger partial charge in [0.25, 0.3) is 5.91 Å². The van der Waals surface area contributed by atoms with Crippen LogP contribution in [0.15, 0.2) is 36.4 Å². The summed E-state index contributed by atoms with van der Waals surface area (Å²) in [4.78, 5) is 47.8. The number of aromatic hydroxyl groups is 1. The van der Waals surface area contributed by atoms with Crippen LogP contribution in [-0.2, 0) is 22.4 Å². The van der Waals surface area contributed by atoms with E-state index < -0.39 is 12.2 Å². The van der Waals surface area contributed by atoms with E-state index in [0.29, 0.717) is 51.6 Å². The molecule has 1 unspecified atom stereocenters. The van der Waals surface area contributed by atoms with Gasteiger partial charge in [0.2, 0.25) is 0 Å². The average molecular weight is 592 g/mol. The number of phenolic OH excluding ortho intramolecular Hbond substituents is 1. The molecule has 10 heteroatoms. The topological polar surface area (TPSA) is 106 Å². The standard InChI is InChI=1S/C33H45N5O5/c1-22-19-24(20-23(2)30(22)39)21-29(31(40)36-14-10-26(11-15-36)35(3)4)43-33(42)37-16-12-27(13-17-37)38-18-9-25-7-5-6-8-28(25)34-32(38)41/h5-8,19-20,26-27,29,39H,9-18,21H2,1-4H3,(H,34,41). The first-order valence-electron chi connectivity index (χ1n) is 15.5. The fourth-order valence-electron chi connectivity index (χ4n) is 6.66. The molecule has 0 aliphatic carbocycles. The minimum Gasteiger partial charge on any atom is -0.507 e. The normalized spacial score (nSPS) is 19.1. The van der Waals surface area contributed by atoms with E-state index in [4.69, 9.17) is 4.74 Å². The van der Waals surface area contributed by atoms with Crippen LogP contribution >= 0.6 is 0 Å². The Morgan fingerprint density at radius 1 is 0.977 bits per heavy atom. The number of nitrogens with one attached hydrogen (secondary N) is 1. The van der Waals surface area contributed by atoms with Crippen LogP contribution in [0.4, 0.5) is 15.3 Å². The van der Waals surface area contributed by atoms with Crippen molar-refractivity contribution in [2.24, 2.45) is 0 Å². The first kappa shape index (κ1) is 30.7. The molecule has 2 aromatic carbocycles. The summed E-state index contributed by atoms with van der Waals surface area (Å²) in [5, 5.41) is 13.3. The van der Waals surface area contributed by atoms with Crippen molar-refractivity contribution in [1.29, 1.82) is 0 Å². The number of amides is 4. The van der Waals surface area contributed by atoms with Gasteiger partial charge in [0.05, 0.1) is 0 Å². The molecule has 3 aliphatic rings. The monoisotopic (exact) mass is 591 g/mol. The number of nitrogens with zero attached hydrogens (tertiary/aromatic N) is 4. The summed E-state index contributed by atoms with van der Waals surface area (Å²) in [6.07, 6.45) is 2.60. The van der Waals surface area contributed by atoms with E-state index >= 15 is 0 Å². The van der Waals surface area contributed by atoms with Gasteiger partial charge in [0.15, 0.2) is 6.10 Å². The van der Waals surface area contributed by atoms with Crippen molar-refractivity contribution in [2.75, 3.05) is 52.1 Å². The van der Waals surface area contributed by atoms with Crippen LogP contribution in [0.5, 0.6) is 5.75 Å². The number of para-hydroxylation sites is 1. The van der Waals surface area contributed by atoms with Gasteiger partial charge >= 0.3 is 12.1 Å². The lowest BCUT2D eigenvalue weighted by Crippen LogP contribution is -2.52. The highest BCUT2D eigenvalue weighted by Crippen LogP contribution is 2.27. The number of phenols is 1. The van der Waals surface area contributed by atoms with E-state index in [1.807, 2.05) is 60.0 Å². The van der Waals surface area contributed by atoms with Gasteiger partial charge in [-0.25, -0.2) is 9.59 Å². The summed E-state index contributed by atoms with van der Waals surface area (Å²) in [6, 6.07) is 11.9. The minimum absolute atomic E-state index is 0.0248. The quantitative estimate of drug-likeness (QED) is 0.523. The highest BCUT2D eigenvalue weighted by molar-refractivity contribution is 5.91. The van der Waals surface area contributed by atoms with Crippen molar-refractivity contribution in [3.8, 4) is 5.75 Å². The van der Waals surface area contributed by atoms with Crippen LogP contribution < -0.4 is 5.32 Å². The highest BCUT2D eigenvalue weighted by atomic mass is 16.6. The number of piperidine rings is 2. The van der Waals surface area contributed by atoms with Crippen LogP contribution in [0.1, 0.15) is 47.9 Å². The summed E-state index contributed by atoms with van der Waals surface area (Å²) in [7, 11) is 4.12. The van der Waals surface area contributed by atoms with Crippen molar-refractivity contribution >= 4 is 23.7 Å². The lowest BCUT2D eigenvalue weighted by Gasteiger charge is -2.39. The molecule has 5 rings (SSSR count). The zero-order valence-corrected chi connectivity index (χ0v) is 25.8. The highest BCUT2D eigenvalue weighted by Gasteiger charge is 2.35. The molecule has 0 saturated carbocycles. The van der Waals surface area contributed by atoms with E-state index in [2.05, 4.69) is 24.3 Å². The van der Waals surface area contributed by atoms with Crippen molar-refractivity contribution < 1.29 is 24.2 Å². The number of fused-ring (bicyclic) bond motifs is 1. The van der Waals surface area contributed by atoms with Crippen molar-refractivity contribution in [1.82, 2.24) is 19.6 Å². The SMILES string of the molecule is Cc1cc(CC(OC(=O)N2CCC(N3CCc4ccccc4NC3=O)CC2)C(=O)N2CCC(N(C)C)CC2)cc(C)c1O. The zero-order chi connectivity index (χ0) is 30.7. The first-order chi connectivity index (χ1) is 20.6. The molecule has 2 saturated heterocycles. The molecule has 0 bridgehead atoms. The van der Waals surface area contributed by atoms with Gasteiger partial charge in [-0.2, -0.15) is 0 Å². The molecule has 232 valence electrons. The largest absolute Gasteiger partial charge is 0.507 e. The Hall–Kier alpha value is -3.79. The molecule has 0 spiro atoms. The second-order valence-electron chi connectivity index (χ2n) is 12.4. The number of hydrogen-bond acceptors (Lipinski definition) is 6. The molecule has 0 aromatic heterocycles. The Morgan fingerprint density at radius 3 is 2.26 bits per heavy atom. The second kappa shape index (κ2) is 13.2. The number of anilines is 1. The van der Waals surface area contributed by atoms with Gasteiger partial charge in [0.1, 0.15) is 5.75 Å². The van der Waals surface area contributed by atoms with Crippen molar-refractivity contribution in [3.63, 3.8) is 0 Å². The molecule has 3 heterocycles. The maximum atomic E-state index is 13.8. The lowest BCUT2D eigenvalue weighted by molar-refractivity contribution is -0.142. The van der Waals surface area contributed by atoms with E-state index in [9.17, 15) is 19.5 Å². The van der Waals surface area contributed by atoms with Gasteiger partial charge in [-0.15, -0.1) is 0 Å². The molecule has 10 nitrogen and oxygen atoms in total. The Morgan fingerprint density at radius 2 is 1.60 bits per heavy atom. The third-order valence-corrected chi connectivity index (χ3v) is 9.30. The maximum Gasteiger partial charge on any atom is 0.410 e. The third-order valence-electron chi connectivity index (χ3n) is 9.30. The predicted octanol–water partition coefficient (Wildman–Crippen LogP) is 4.16. The molecular weight excluding hydrogens is 546 g/mol. The Labute approximate surface area is 254 Å². The van der Waals surface area contributed by atoms with E-state index in [1.165, 1.54) is 0 Å². The van der Waals surface area contributed by atoms with E-state index in [0.717, 1.165) is 47.2 Å². The van der Waals surface area contributed by atoms with Gasteiger partial charge in [0, 0.05) is 56.9 Å². The van der Waals surface area contributed by atoms with Gasteiger partial charge in [-0.05, 0) is 88.4 Å². The summed E-state index contributed by atoms with van der Waals surface area (Å²) in [6.45, 7) is 6.43. The fourth-order valence-corrected chi connectivity index (χ4v) is 6.66. The smallest absolute Gasteiger partial charge is 0.410 e. The Kier molecular flexibility index (Phi) is 9.44. The second-order valence-corrected chi connectivity index (χ2v) is 12.4. The van der Waals surface area contributed by atoms with Gasteiger partial charge < -0.3 is 34.8 Å². The molecule has 0 radical (unpaired) electrons. The van der Waals surface area contributed by atoms with Crippen LogP contribution in [-0.4, -0.2) is 108 Å². The number of rotatable bonds is 6. The van der Waals surface area contributed by atoms with Crippen LogP contribution in [0.2, 0.25) is 0 Å². The number of urea groups is 1. The van der Waals surface area contributed by atoms with Crippen molar-refractivity contribution in [3.05, 3.63) is 58.7 Å². The number of carbonyl (C=O) groups is 3. The fraction of sp³-hybridized carbons (Fsp3) is 0.545. The van der Waals surface area contributed by atoms with Crippen molar-refractivity contribution in [2.45, 2.75) is 70.6 Å². The molecule has 2 fully saturated rings. The van der Waals surface area contributed by atoms with Crippen LogP contribution in [0.25, 0.3) is 0 Å². The molecule has 2 aromatic rings. The van der Waals surface area contributed by atoms with Crippen LogP contribution in [0, 0.1) is 13.8 Å². The maximum absolute atomic E-state index is 13.8. The number of likely N-dealkylation sites (tertiary alicyclic amines) is 2. The molecular formula is C33H45N5O5. The van der Waals surface area contributed by atoms with E-state index in [-0.39, 0.29) is 30.2 Å². The third kappa shape index (κ3) is 7.06. The molecule has 43 heavy (non-hydrogen) atoms. The summed E-state index contributed by atoms with van der Waals surface area (Å²) in [5.74, 6) is 0.0591. The first-order valence-corrected chi connectivity index (χ1v) is 15.5. The van der Waals surface area contributed by atoms with Gasteiger partial charge in [-0.1, -0.05) is 30.3 Å². The predicted molar refractivity (Wildman–Crippen MR) is 165 cm³/mol. The van der Waals surface area contributed by atoms with Gasteiger partial charge in [-0.3, -0.25) is 4.79 Å². The Balaban J connectivity index is 1.23. The average Bonchev–Trinajstić information content (AvgIpc) is 3.17. The number of ether oxygens (including phenoxy) is 1. The minimum atomic E-state index is -0.959. The molecule has 1 atom stereocenters. The molecule has 2 N–H and O–H groups in total. The summed E-state index contributed by atoms with van der Waals surface area (Å²) >= 11 is 0. The number of hydrogen-bond donors (Lipinski definition) is 2. The van der Waals surface area contributed by atoms with Crippen LogP contribution in [0.3, 0.4) is 0 Å². The molecule has 4 amide bonds. The number of carbonyl (C=O) groups excluding carboxylic acids is 3. The number of benzene rings is 2. The summed E-state index contributed by atoms with van der Waals surface area (Å²) < 4.78 is 5.99. The summed E-state index contributed by atoms with van der Waals surface area (Å²) in [5.41, 5.74) is 4.27. The number of aryl methyl sites for hydroxylation is 2. The van der Waals surface area contributed by atoms with E-state index in [1.54, 1.807) is 4.90 Å². The zero-order valence-electron chi connectivity index (χ0n) is 25.8. The Bertz CT molecular complexity index is 1310. The lowest BCUT2D eigenvalue weighted by atomic mass is 9.99.